The van der Waals surface area contributed by atoms with E-state index >= 15 is 0 Å². The molecule has 5 nitrogen and oxygen atoms in total. The van der Waals surface area contributed by atoms with Crippen molar-refractivity contribution in [2.45, 2.75) is 6.92 Å². The van der Waals surface area contributed by atoms with Crippen LogP contribution in [-0.2, 0) is 0 Å². The summed E-state index contributed by atoms with van der Waals surface area (Å²) in [6.07, 6.45) is 1.55. The highest BCUT2D eigenvalue weighted by Gasteiger charge is 2.03. The number of ether oxygens (including phenoxy) is 2. The Morgan fingerprint density at radius 3 is 2.50 bits per heavy atom. The van der Waals surface area contributed by atoms with Gasteiger partial charge in [-0.3, -0.25) is 4.79 Å². The number of hydrogen-bond donors (Lipinski definition) is 0. The molecule has 1 heterocycles. The minimum absolute atomic E-state index is 0.0131. The van der Waals surface area contributed by atoms with Crippen molar-refractivity contribution in [1.29, 1.82) is 0 Å². The van der Waals surface area contributed by atoms with Gasteiger partial charge in [-0.05, 0) is 31.2 Å². The van der Waals surface area contributed by atoms with Gasteiger partial charge in [-0.15, -0.1) is 0 Å². The summed E-state index contributed by atoms with van der Waals surface area (Å²) >= 11 is 0. The van der Waals surface area contributed by atoms with Crippen molar-refractivity contribution in [3.05, 3.63) is 42.1 Å². The van der Waals surface area contributed by atoms with Crippen LogP contribution in [0.2, 0.25) is 0 Å². The zero-order valence-corrected chi connectivity index (χ0v) is 10.1. The van der Waals surface area contributed by atoms with E-state index in [2.05, 4.69) is 9.97 Å². The Morgan fingerprint density at radius 2 is 1.89 bits per heavy atom. The highest BCUT2D eigenvalue weighted by Crippen LogP contribution is 2.19. The Morgan fingerprint density at radius 1 is 1.17 bits per heavy atom. The molecular formula is C13H12N2O3. The number of carbonyl (C=O) groups is 1. The SMILES string of the molecule is COc1ccnc(Oc2ccc(C(C)=O)cc2)n1. The number of hydrogen-bond acceptors (Lipinski definition) is 5. The number of aromatic nitrogens is 2. The number of nitrogens with zero attached hydrogens (tertiary/aromatic N) is 2. The quantitative estimate of drug-likeness (QED) is 0.773. The van der Waals surface area contributed by atoms with Crippen LogP contribution in [0.4, 0.5) is 0 Å². The zero-order chi connectivity index (χ0) is 13.0. The zero-order valence-electron chi connectivity index (χ0n) is 10.1. The predicted molar refractivity (Wildman–Crippen MR) is 65.1 cm³/mol. The molecule has 18 heavy (non-hydrogen) atoms. The molecule has 0 saturated carbocycles. The van der Waals surface area contributed by atoms with E-state index in [-0.39, 0.29) is 11.8 Å². The van der Waals surface area contributed by atoms with Crippen molar-refractivity contribution in [2.75, 3.05) is 7.11 Å². The first kappa shape index (κ1) is 12.0. The van der Waals surface area contributed by atoms with Crippen molar-refractivity contribution in [1.82, 2.24) is 9.97 Å². The number of ketones is 1. The van der Waals surface area contributed by atoms with Crippen LogP contribution in [0.15, 0.2) is 36.5 Å². The molecule has 0 fully saturated rings. The van der Waals surface area contributed by atoms with Gasteiger partial charge < -0.3 is 9.47 Å². The fraction of sp³-hybridized carbons (Fsp3) is 0.154. The second-order valence-corrected chi connectivity index (χ2v) is 3.56. The first-order valence-corrected chi connectivity index (χ1v) is 5.35. The second-order valence-electron chi connectivity index (χ2n) is 3.56. The molecule has 0 spiro atoms. The van der Waals surface area contributed by atoms with E-state index in [1.807, 2.05) is 0 Å². The van der Waals surface area contributed by atoms with Crippen LogP contribution in [0.5, 0.6) is 17.6 Å². The van der Waals surface area contributed by atoms with Crippen molar-refractivity contribution in [3.8, 4) is 17.6 Å². The van der Waals surface area contributed by atoms with Gasteiger partial charge >= 0.3 is 6.01 Å². The average Bonchev–Trinajstić information content (AvgIpc) is 2.39. The molecular weight excluding hydrogens is 232 g/mol. The third kappa shape index (κ3) is 2.82. The van der Waals surface area contributed by atoms with E-state index in [1.165, 1.54) is 14.0 Å². The van der Waals surface area contributed by atoms with Crippen LogP contribution in [0.1, 0.15) is 17.3 Å². The normalized spacial score (nSPS) is 9.89. The molecule has 1 aromatic heterocycles. The molecule has 0 bridgehead atoms. The van der Waals surface area contributed by atoms with Gasteiger partial charge in [0.15, 0.2) is 5.78 Å². The van der Waals surface area contributed by atoms with Gasteiger partial charge in [0.25, 0.3) is 0 Å². The lowest BCUT2D eigenvalue weighted by atomic mass is 10.1. The lowest BCUT2D eigenvalue weighted by Crippen LogP contribution is -1.95. The van der Waals surface area contributed by atoms with Gasteiger partial charge in [0.2, 0.25) is 5.88 Å². The van der Waals surface area contributed by atoms with E-state index in [9.17, 15) is 4.79 Å². The van der Waals surface area contributed by atoms with E-state index in [0.29, 0.717) is 17.2 Å². The summed E-state index contributed by atoms with van der Waals surface area (Å²) in [5, 5.41) is 0. The van der Waals surface area contributed by atoms with Crippen molar-refractivity contribution < 1.29 is 14.3 Å². The van der Waals surface area contributed by atoms with Gasteiger partial charge in [-0.2, -0.15) is 4.98 Å². The molecule has 0 aliphatic rings. The molecule has 2 rings (SSSR count). The van der Waals surface area contributed by atoms with Crippen LogP contribution >= 0.6 is 0 Å². The van der Waals surface area contributed by atoms with Gasteiger partial charge in [-0.25, -0.2) is 4.98 Å². The first-order valence-electron chi connectivity index (χ1n) is 5.35. The summed E-state index contributed by atoms with van der Waals surface area (Å²) in [7, 11) is 1.52. The molecule has 0 aliphatic heterocycles. The number of benzene rings is 1. The summed E-state index contributed by atoms with van der Waals surface area (Å²) in [5.41, 5.74) is 0.633. The van der Waals surface area contributed by atoms with Crippen LogP contribution < -0.4 is 9.47 Å². The molecule has 2 aromatic rings. The van der Waals surface area contributed by atoms with Crippen LogP contribution in [-0.4, -0.2) is 22.9 Å². The molecule has 5 heteroatoms. The van der Waals surface area contributed by atoms with Crippen molar-refractivity contribution in [3.63, 3.8) is 0 Å². The third-order valence-corrected chi connectivity index (χ3v) is 2.29. The van der Waals surface area contributed by atoms with E-state index < -0.39 is 0 Å². The second kappa shape index (κ2) is 5.27. The molecule has 0 amide bonds. The summed E-state index contributed by atoms with van der Waals surface area (Å²) in [6, 6.07) is 8.60. The number of rotatable bonds is 4. The van der Waals surface area contributed by atoms with Crippen LogP contribution in [0.25, 0.3) is 0 Å². The maximum absolute atomic E-state index is 11.1. The van der Waals surface area contributed by atoms with E-state index in [0.717, 1.165) is 0 Å². The fourth-order valence-corrected chi connectivity index (χ4v) is 1.35. The topological polar surface area (TPSA) is 61.3 Å². The minimum atomic E-state index is 0.0131. The number of Topliss-reactive ketones (excluding diaryl/α,β-unsaturated/α-hetero) is 1. The van der Waals surface area contributed by atoms with Crippen LogP contribution in [0, 0.1) is 0 Å². The summed E-state index contributed by atoms with van der Waals surface area (Å²) < 4.78 is 10.4. The highest BCUT2D eigenvalue weighted by molar-refractivity contribution is 5.94. The fourth-order valence-electron chi connectivity index (χ4n) is 1.35. The van der Waals surface area contributed by atoms with Crippen molar-refractivity contribution >= 4 is 5.78 Å². The average molecular weight is 244 g/mol. The lowest BCUT2D eigenvalue weighted by Gasteiger charge is -2.05. The smallest absolute Gasteiger partial charge is 0.325 e. The lowest BCUT2D eigenvalue weighted by molar-refractivity contribution is 0.101. The van der Waals surface area contributed by atoms with Crippen molar-refractivity contribution in [2.24, 2.45) is 0 Å². The molecule has 0 atom stereocenters. The summed E-state index contributed by atoms with van der Waals surface area (Å²) in [6.45, 7) is 1.51. The highest BCUT2D eigenvalue weighted by atomic mass is 16.5. The Balaban J connectivity index is 2.15. The summed E-state index contributed by atoms with van der Waals surface area (Å²) in [4.78, 5) is 19.1. The summed E-state index contributed by atoms with van der Waals surface area (Å²) in [5.74, 6) is 1.01. The Hall–Kier alpha value is -2.43. The maximum Gasteiger partial charge on any atom is 0.325 e. The van der Waals surface area contributed by atoms with Gasteiger partial charge in [0.05, 0.1) is 7.11 Å². The molecule has 0 N–H and O–H groups in total. The van der Waals surface area contributed by atoms with E-state index in [1.54, 1.807) is 36.5 Å². The van der Waals surface area contributed by atoms with Gasteiger partial charge in [0.1, 0.15) is 5.75 Å². The molecule has 0 radical (unpaired) electrons. The number of carbonyl (C=O) groups excluding carboxylic acids is 1. The van der Waals surface area contributed by atoms with E-state index in [4.69, 9.17) is 9.47 Å². The Bertz CT molecular complexity index is 552. The molecule has 1 aromatic carbocycles. The largest absolute Gasteiger partial charge is 0.481 e. The van der Waals surface area contributed by atoms with Gasteiger partial charge in [0, 0.05) is 17.8 Å². The third-order valence-electron chi connectivity index (χ3n) is 2.29. The first-order chi connectivity index (χ1) is 8.69. The Labute approximate surface area is 104 Å². The van der Waals surface area contributed by atoms with Gasteiger partial charge in [-0.1, -0.05) is 0 Å². The predicted octanol–water partition coefficient (Wildman–Crippen LogP) is 2.48. The van der Waals surface area contributed by atoms with Crippen LogP contribution in [0.3, 0.4) is 0 Å². The minimum Gasteiger partial charge on any atom is -0.481 e. The number of methoxy groups -OCH3 is 1. The standard InChI is InChI=1S/C13H12N2O3/c1-9(16)10-3-5-11(6-4-10)18-13-14-8-7-12(15-13)17-2/h3-8H,1-2H3. The maximum atomic E-state index is 11.1. The molecule has 0 unspecified atom stereocenters. The Kier molecular flexibility index (Phi) is 3.52. The molecule has 92 valence electrons. The molecule has 0 saturated heterocycles. The molecule has 0 aliphatic carbocycles. The monoisotopic (exact) mass is 244 g/mol.